The minimum atomic E-state index is -0.198. The lowest BCUT2D eigenvalue weighted by molar-refractivity contribution is 0.0310. The largest absolute Gasteiger partial charge is 0.377 e. The molecule has 1 aliphatic carbocycles. The van der Waals surface area contributed by atoms with E-state index in [1.165, 1.54) is 25.7 Å². The van der Waals surface area contributed by atoms with Crippen molar-refractivity contribution < 1.29 is 4.74 Å². The van der Waals surface area contributed by atoms with E-state index >= 15 is 0 Å². The minimum Gasteiger partial charge on any atom is -0.377 e. The highest BCUT2D eigenvalue weighted by atomic mass is 127. The third-order valence-electron chi connectivity index (χ3n) is 3.29. The van der Waals surface area contributed by atoms with Crippen molar-refractivity contribution in [2.24, 2.45) is 10.9 Å². The zero-order chi connectivity index (χ0) is 13.4. The Hall–Kier alpha value is -0.0400. The third kappa shape index (κ3) is 9.49. The fourth-order valence-electron chi connectivity index (χ4n) is 1.68. The van der Waals surface area contributed by atoms with Crippen LogP contribution in [0.2, 0.25) is 0 Å². The van der Waals surface area contributed by atoms with Crippen LogP contribution in [0, 0.1) is 5.92 Å². The number of methoxy groups -OCH3 is 1. The van der Waals surface area contributed by atoms with Crippen LogP contribution in [-0.4, -0.2) is 38.3 Å². The summed E-state index contributed by atoms with van der Waals surface area (Å²) in [5.41, 5.74) is -0.198. The molecule has 19 heavy (non-hydrogen) atoms. The molecular formula is C14H30IN3O. The van der Waals surface area contributed by atoms with Crippen LogP contribution in [0.3, 0.4) is 0 Å². The number of guanidine groups is 1. The Morgan fingerprint density at radius 1 is 1.32 bits per heavy atom. The zero-order valence-corrected chi connectivity index (χ0v) is 15.1. The number of aliphatic imine (C=N–C) groups is 1. The molecule has 0 aromatic rings. The van der Waals surface area contributed by atoms with Gasteiger partial charge in [-0.3, -0.25) is 4.99 Å². The highest BCUT2D eigenvalue weighted by Gasteiger charge is 2.20. The molecule has 0 heterocycles. The number of hydrogen-bond acceptors (Lipinski definition) is 2. The monoisotopic (exact) mass is 383 g/mol. The number of nitrogens with one attached hydrogen (secondary N) is 2. The first-order chi connectivity index (χ1) is 8.57. The van der Waals surface area contributed by atoms with Crippen LogP contribution >= 0.6 is 24.0 Å². The molecule has 0 atom stereocenters. The molecule has 0 aromatic carbocycles. The Morgan fingerprint density at radius 3 is 2.53 bits per heavy atom. The molecule has 0 bridgehead atoms. The predicted molar refractivity (Wildman–Crippen MR) is 92.4 cm³/mol. The van der Waals surface area contributed by atoms with E-state index in [2.05, 4.69) is 22.5 Å². The van der Waals surface area contributed by atoms with Crippen molar-refractivity contribution in [3.63, 3.8) is 0 Å². The van der Waals surface area contributed by atoms with Gasteiger partial charge in [0.25, 0.3) is 0 Å². The first kappa shape index (κ1) is 19.0. The molecule has 4 nitrogen and oxygen atoms in total. The summed E-state index contributed by atoms with van der Waals surface area (Å²) in [6.07, 6.45) is 5.48. The first-order valence-corrected chi connectivity index (χ1v) is 7.14. The Morgan fingerprint density at radius 2 is 2.00 bits per heavy atom. The van der Waals surface area contributed by atoms with Crippen molar-refractivity contribution in [3.8, 4) is 0 Å². The van der Waals surface area contributed by atoms with Crippen LogP contribution in [0.5, 0.6) is 0 Å². The van der Waals surface area contributed by atoms with Crippen molar-refractivity contribution in [1.82, 2.24) is 10.6 Å². The Kier molecular flexibility index (Phi) is 9.78. The molecule has 0 aromatic heterocycles. The number of rotatable bonds is 8. The summed E-state index contributed by atoms with van der Waals surface area (Å²) in [7, 11) is 1.73. The molecular weight excluding hydrogens is 353 g/mol. The number of halogens is 1. The molecule has 114 valence electrons. The maximum absolute atomic E-state index is 5.37. The summed E-state index contributed by atoms with van der Waals surface area (Å²) in [5.74, 6) is 1.91. The van der Waals surface area contributed by atoms with E-state index in [0.717, 1.165) is 25.0 Å². The number of ether oxygens (including phenoxy) is 1. The molecule has 5 heteroatoms. The van der Waals surface area contributed by atoms with Crippen LogP contribution in [-0.2, 0) is 4.74 Å². The van der Waals surface area contributed by atoms with Crippen LogP contribution < -0.4 is 10.6 Å². The van der Waals surface area contributed by atoms with Gasteiger partial charge in [0.05, 0.1) is 12.1 Å². The van der Waals surface area contributed by atoms with Crippen molar-refractivity contribution in [2.75, 3.05) is 26.7 Å². The highest BCUT2D eigenvalue weighted by molar-refractivity contribution is 14.0. The van der Waals surface area contributed by atoms with Crippen LogP contribution in [0.4, 0.5) is 0 Å². The van der Waals surface area contributed by atoms with Gasteiger partial charge in [-0.25, -0.2) is 0 Å². The van der Waals surface area contributed by atoms with Gasteiger partial charge in [-0.15, -0.1) is 24.0 Å². The van der Waals surface area contributed by atoms with Crippen LogP contribution in [0.1, 0.15) is 46.5 Å². The van der Waals surface area contributed by atoms with Gasteiger partial charge >= 0.3 is 0 Å². The fourth-order valence-corrected chi connectivity index (χ4v) is 1.68. The average molecular weight is 383 g/mol. The van der Waals surface area contributed by atoms with Gasteiger partial charge < -0.3 is 15.4 Å². The molecule has 0 aliphatic heterocycles. The van der Waals surface area contributed by atoms with Gasteiger partial charge in [-0.1, -0.05) is 12.8 Å². The van der Waals surface area contributed by atoms with E-state index in [4.69, 9.17) is 4.74 Å². The van der Waals surface area contributed by atoms with Gasteiger partial charge in [-0.2, -0.15) is 0 Å². The van der Waals surface area contributed by atoms with Gasteiger partial charge in [0.2, 0.25) is 0 Å². The van der Waals surface area contributed by atoms with Crippen LogP contribution in [0.25, 0.3) is 0 Å². The molecule has 0 radical (unpaired) electrons. The maximum atomic E-state index is 5.37. The summed E-state index contributed by atoms with van der Waals surface area (Å²) in [6, 6.07) is 0. The van der Waals surface area contributed by atoms with E-state index < -0.39 is 0 Å². The topological polar surface area (TPSA) is 45.7 Å². The van der Waals surface area contributed by atoms with Gasteiger partial charge in [-0.05, 0) is 39.5 Å². The lowest BCUT2D eigenvalue weighted by atomic mass is 10.1. The molecule has 1 saturated carbocycles. The van der Waals surface area contributed by atoms with E-state index in [1.807, 2.05) is 13.8 Å². The summed E-state index contributed by atoms with van der Waals surface area (Å²) < 4.78 is 5.37. The van der Waals surface area contributed by atoms with Crippen molar-refractivity contribution in [1.29, 1.82) is 0 Å². The predicted octanol–water partition coefficient (Wildman–Crippen LogP) is 2.77. The molecule has 1 fully saturated rings. The average Bonchev–Trinajstić information content (AvgIpc) is 3.15. The second-order valence-corrected chi connectivity index (χ2v) is 5.67. The summed E-state index contributed by atoms with van der Waals surface area (Å²) in [4.78, 5) is 4.56. The SMILES string of the molecule is CCNC(=NCC(C)(C)OC)NCCCC1CC1.I. The minimum absolute atomic E-state index is 0. The number of nitrogens with zero attached hydrogens (tertiary/aromatic N) is 1. The Balaban J connectivity index is 0.00000324. The smallest absolute Gasteiger partial charge is 0.191 e. The quantitative estimate of drug-likeness (QED) is 0.293. The van der Waals surface area contributed by atoms with E-state index in [-0.39, 0.29) is 29.6 Å². The van der Waals surface area contributed by atoms with E-state index in [0.29, 0.717) is 6.54 Å². The van der Waals surface area contributed by atoms with E-state index in [1.54, 1.807) is 7.11 Å². The van der Waals surface area contributed by atoms with Gasteiger partial charge in [0, 0.05) is 20.2 Å². The molecule has 2 N–H and O–H groups in total. The molecule has 0 saturated heterocycles. The molecule has 0 amide bonds. The van der Waals surface area contributed by atoms with Crippen molar-refractivity contribution in [2.45, 2.75) is 52.1 Å². The second-order valence-electron chi connectivity index (χ2n) is 5.67. The highest BCUT2D eigenvalue weighted by Crippen LogP contribution is 2.33. The van der Waals surface area contributed by atoms with Crippen LogP contribution in [0.15, 0.2) is 4.99 Å². The lowest BCUT2D eigenvalue weighted by Gasteiger charge is -2.21. The fraction of sp³-hybridized carbons (Fsp3) is 0.929. The summed E-state index contributed by atoms with van der Waals surface area (Å²) >= 11 is 0. The molecule has 1 rings (SSSR count). The standard InChI is InChI=1S/C14H29N3O.HI/c1-5-15-13(17-11-14(2,3)18-4)16-10-6-7-12-8-9-12;/h12H,5-11H2,1-4H3,(H2,15,16,17);1H. The Labute approximate surface area is 135 Å². The molecule has 0 unspecified atom stereocenters. The summed E-state index contributed by atoms with van der Waals surface area (Å²) in [5, 5.41) is 6.65. The normalized spacial score (nSPS) is 15.9. The zero-order valence-electron chi connectivity index (χ0n) is 12.8. The van der Waals surface area contributed by atoms with Gasteiger partial charge in [0.1, 0.15) is 0 Å². The Bertz CT molecular complexity index is 265. The summed E-state index contributed by atoms with van der Waals surface area (Å²) in [6.45, 7) is 8.75. The van der Waals surface area contributed by atoms with Crippen molar-refractivity contribution in [3.05, 3.63) is 0 Å². The van der Waals surface area contributed by atoms with Crippen molar-refractivity contribution >= 4 is 29.9 Å². The second kappa shape index (κ2) is 9.80. The molecule has 0 spiro atoms. The van der Waals surface area contributed by atoms with E-state index in [9.17, 15) is 0 Å². The maximum Gasteiger partial charge on any atom is 0.191 e. The molecule has 1 aliphatic rings. The third-order valence-corrected chi connectivity index (χ3v) is 3.29. The first-order valence-electron chi connectivity index (χ1n) is 7.14. The number of hydrogen-bond donors (Lipinski definition) is 2. The lowest BCUT2D eigenvalue weighted by Crippen LogP contribution is -2.39. The van der Waals surface area contributed by atoms with Gasteiger partial charge in [0.15, 0.2) is 5.96 Å².